The number of esters is 1. The number of carbonyl (C=O) groups excluding carboxylic acids is 2. The van der Waals surface area contributed by atoms with Crippen LogP contribution in [0, 0.1) is 0 Å². The van der Waals surface area contributed by atoms with E-state index in [0.29, 0.717) is 40.7 Å². The van der Waals surface area contributed by atoms with Crippen molar-refractivity contribution >= 4 is 12.0 Å². The Morgan fingerprint density at radius 1 is 0.861 bits per heavy atom. The predicted molar refractivity (Wildman–Crippen MR) is 134 cm³/mol. The highest BCUT2D eigenvalue weighted by molar-refractivity contribution is 5.95. The van der Waals surface area contributed by atoms with Gasteiger partial charge in [0.2, 0.25) is 0 Å². The number of ether oxygens (including phenoxy) is 4. The molecule has 2 N–H and O–H groups in total. The van der Waals surface area contributed by atoms with E-state index in [2.05, 4.69) is 10.6 Å². The maximum absolute atomic E-state index is 13.2. The lowest BCUT2D eigenvalue weighted by atomic mass is 9.95. The van der Waals surface area contributed by atoms with E-state index in [9.17, 15) is 9.59 Å². The predicted octanol–water partition coefficient (Wildman–Crippen LogP) is 4.65. The molecule has 0 radical (unpaired) electrons. The molecule has 1 atom stereocenters. The Kier molecular flexibility index (Phi) is 7.75. The molecule has 36 heavy (non-hydrogen) atoms. The summed E-state index contributed by atoms with van der Waals surface area (Å²) < 4.78 is 22.2. The first-order valence-corrected chi connectivity index (χ1v) is 11.4. The van der Waals surface area contributed by atoms with Crippen molar-refractivity contribution in [3.05, 3.63) is 101 Å². The molecule has 0 unspecified atom stereocenters. The third-order valence-electron chi connectivity index (χ3n) is 5.78. The lowest BCUT2D eigenvalue weighted by Crippen LogP contribution is -2.45. The van der Waals surface area contributed by atoms with Gasteiger partial charge in [0.05, 0.1) is 25.8 Å². The molecular formula is C28H28N2O6. The van der Waals surface area contributed by atoms with Crippen LogP contribution in [0.15, 0.2) is 84.1 Å². The lowest BCUT2D eigenvalue weighted by molar-refractivity contribution is -0.140. The molecule has 1 heterocycles. The summed E-state index contributed by atoms with van der Waals surface area (Å²) in [6.07, 6.45) is 0. The largest absolute Gasteiger partial charge is 0.497 e. The lowest BCUT2D eigenvalue weighted by Gasteiger charge is -2.28. The number of nitrogens with one attached hydrogen (secondary N) is 2. The number of benzene rings is 3. The summed E-state index contributed by atoms with van der Waals surface area (Å²) in [7, 11) is 3.15. The van der Waals surface area contributed by atoms with E-state index in [-0.39, 0.29) is 6.61 Å². The molecule has 0 bridgehead atoms. The number of carbonyl (C=O) groups is 2. The van der Waals surface area contributed by atoms with Gasteiger partial charge in [0.25, 0.3) is 0 Å². The van der Waals surface area contributed by atoms with Crippen molar-refractivity contribution < 1.29 is 28.5 Å². The van der Waals surface area contributed by atoms with Crippen molar-refractivity contribution in [1.82, 2.24) is 10.6 Å². The molecule has 8 heteroatoms. The molecule has 8 nitrogen and oxygen atoms in total. The third-order valence-corrected chi connectivity index (χ3v) is 5.78. The number of amides is 2. The molecule has 4 rings (SSSR count). The highest BCUT2D eigenvalue weighted by Crippen LogP contribution is 2.35. The average molecular weight is 489 g/mol. The molecule has 0 spiro atoms. The highest BCUT2D eigenvalue weighted by Gasteiger charge is 2.33. The second-order valence-electron chi connectivity index (χ2n) is 8.18. The Morgan fingerprint density at radius 3 is 2.28 bits per heavy atom. The van der Waals surface area contributed by atoms with E-state index in [1.54, 1.807) is 51.5 Å². The van der Waals surface area contributed by atoms with Gasteiger partial charge in [-0.05, 0) is 47.9 Å². The molecular weight excluding hydrogens is 460 g/mol. The zero-order valence-electron chi connectivity index (χ0n) is 20.4. The smallest absolute Gasteiger partial charge is 0.338 e. The fourth-order valence-corrected chi connectivity index (χ4v) is 3.88. The molecule has 0 saturated carbocycles. The van der Waals surface area contributed by atoms with Gasteiger partial charge >= 0.3 is 12.0 Å². The SMILES string of the molecule is COc1ccc(COC(=O)C2=C(C)NC(=O)N[C@H]2c2ccc(OC)c(OCc3ccccc3)c2)cc1. The Balaban J connectivity index is 1.56. The first-order valence-electron chi connectivity index (χ1n) is 11.4. The van der Waals surface area contributed by atoms with E-state index < -0.39 is 18.0 Å². The summed E-state index contributed by atoms with van der Waals surface area (Å²) in [5.41, 5.74) is 3.20. The molecule has 3 aromatic rings. The molecule has 2 amide bonds. The minimum absolute atomic E-state index is 0.0777. The van der Waals surface area contributed by atoms with Gasteiger partial charge in [-0.2, -0.15) is 0 Å². The monoisotopic (exact) mass is 488 g/mol. The van der Waals surface area contributed by atoms with Crippen LogP contribution in [0.2, 0.25) is 0 Å². The van der Waals surface area contributed by atoms with Crippen LogP contribution in [0.4, 0.5) is 4.79 Å². The average Bonchev–Trinajstić information content (AvgIpc) is 2.90. The summed E-state index contributed by atoms with van der Waals surface area (Å²) >= 11 is 0. The molecule has 3 aromatic carbocycles. The first-order chi connectivity index (χ1) is 17.5. The second-order valence-corrected chi connectivity index (χ2v) is 8.18. The Bertz CT molecular complexity index is 1250. The van der Waals surface area contributed by atoms with Crippen LogP contribution in [0.25, 0.3) is 0 Å². The highest BCUT2D eigenvalue weighted by atomic mass is 16.5. The van der Waals surface area contributed by atoms with Crippen LogP contribution in [-0.4, -0.2) is 26.2 Å². The zero-order chi connectivity index (χ0) is 25.5. The van der Waals surface area contributed by atoms with Crippen molar-refractivity contribution in [1.29, 1.82) is 0 Å². The number of methoxy groups -OCH3 is 2. The summed E-state index contributed by atoms with van der Waals surface area (Å²) in [6, 6.07) is 21.2. The number of rotatable bonds is 9. The molecule has 1 aliphatic heterocycles. The van der Waals surface area contributed by atoms with Crippen molar-refractivity contribution in [3.8, 4) is 17.2 Å². The van der Waals surface area contributed by atoms with E-state index in [0.717, 1.165) is 11.1 Å². The van der Waals surface area contributed by atoms with E-state index in [1.165, 1.54) is 0 Å². The third kappa shape index (κ3) is 5.78. The summed E-state index contributed by atoms with van der Waals surface area (Å²) in [6.45, 7) is 2.09. The fourth-order valence-electron chi connectivity index (χ4n) is 3.88. The zero-order valence-corrected chi connectivity index (χ0v) is 20.4. The Labute approximate surface area is 209 Å². The van der Waals surface area contributed by atoms with Crippen LogP contribution in [-0.2, 0) is 22.7 Å². The maximum Gasteiger partial charge on any atom is 0.338 e. The fraction of sp³-hybridized carbons (Fsp3) is 0.214. The molecule has 1 aliphatic rings. The second kappa shape index (κ2) is 11.3. The minimum atomic E-state index is -0.730. The Hall–Kier alpha value is -4.46. The minimum Gasteiger partial charge on any atom is -0.497 e. The molecule has 186 valence electrons. The van der Waals surface area contributed by atoms with Crippen molar-refractivity contribution in [2.45, 2.75) is 26.2 Å². The number of allylic oxidation sites excluding steroid dienone is 1. The van der Waals surface area contributed by atoms with E-state index in [4.69, 9.17) is 18.9 Å². The van der Waals surface area contributed by atoms with Gasteiger partial charge in [-0.25, -0.2) is 9.59 Å². The van der Waals surface area contributed by atoms with Gasteiger partial charge in [0, 0.05) is 5.70 Å². The van der Waals surface area contributed by atoms with Gasteiger partial charge in [-0.1, -0.05) is 48.5 Å². The molecule has 0 aromatic heterocycles. The molecule has 0 saturated heterocycles. The molecule has 0 fully saturated rings. The number of hydrogen-bond acceptors (Lipinski definition) is 6. The van der Waals surface area contributed by atoms with Crippen molar-refractivity contribution in [2.24, 2.45) is 0 Å². The van der Waals surface area contributed by atoms with Crippen LogP contribution < -0.4 is 24.8 Å². The maximum atomic E-state index is 13.2. The Morgan fingerprint density at radius 2 is 1.58 bits per heavy atom. The number of urea groups is 1. The van der Waals surface area contributed by atoms with Gasteiger partial charge in [-0.3, -0.25) is 0 Å². The van der Waals surface area contributed by atoms with Gasteiger partial charge < -0.3 is 29.6 Å². The normalized spacial score (nSPS) is 15.0. The van der Waals surface area contributed by atoms with Crippen LogP contribution in [0.1, 0.15) is 29.7 Å². The van der Waals surface area contributed by atoms with Gasteiger partial charge in [0.15, 0.2) is 11.5 Å². The quantitative estimate of drug-likeness (QED) is 0.426. The summed E-state index contributed by atoms with van der Waals surface area (Å²) in [4.78, 5) is 25.5. The van der Waals surface area contributed by atoms with Crippen LogP contribution in [0.5, 0.6) is 17.2 Å². The van der Waals surface area contributed by atoms with Crippen LogP contribution in [0.3, 0.4) is 0 Å². The molecule has 0 aliphatic carbocycles. The summed E-state index contributed by atoms with van der Waals surface area (Å²) in [5.74, 6) is 1.21. The first kappa shape index (κ1) is 24.7. The topological polar surface area (TPSA) is 95.1 Å². The standard InChI is InChI=1S/C28H28N2O6/c1-18-25(27(31)36-17-20-9-12-22(33-2)13-10-20)26(30-28(32)29-18)21-11-14-23(34-3)24(15-21)35-16-19-7-5-4-6-8-19/h4-15,26H,16-17H2,1-3H3,(H2,29,30,32)/t26-/m0/s1. The van der Waals surface area contributed by atoms with Gasteiger partial charge in [0.1, 0.15) is 19.0 Å². The van der Waals surface area contributed by atoms with E-state index >= 15 is 0 Å². The van der Waals surface area contributed by atoms with Crippen molar-refractivity contribution in [3.63, 3.8) is 0 Å². The van der Waals surface area contributed by atoms with E-state index in [1.807, 2.05) is 42.5 Å². The van der Waals surface area contributed by atoms with Crippen molar-refractivity contribution in [2.75, 3.05) is 14.2 Å². The van der Waals surface area contributed by atoms with Gasteiger partial charge in [-0.15, -0.1) is 0 Å². The number of hydrogen-bond donors (Lipinski definition) is 2. The summed E-state index contributed by atoms with van der Waals surface area (Å²) in [5, 5.41) is 5.49. The van der Waals surface area contributed by atoms with Crippen LogP contribution >= 0.6 is 0 Å².